The zero-order chi connectivity index (χ0) is 21.7. The van der Waals surface area contributed by atoms with Crippen LogP contribution in [0.5, 0.6) is 0 Å². The maximum atomic E-state index is 13.1. The fourth-order valence-electron chi connectivity index (χ4n) is 3.88. The molecule has 2 unspecified atom stereocenters. The van der Waals surface area contributed by atoms with Crippen LogP contribution in [0.15, 0.2) is 34.2 Å². The van der Waals surface area contributed by atoms with Gasteiger partial charge in [0.15, 0.2) is 5.16 Å². The largest absolute Gasteiger partial charge is 0.383 e. The molecular formula is C22H28N4O3S. The Morgan fingerprint density at radius 2 is 2.03 bits per heavy atom. The first-order chi connectivity index (χ1) is 14.4. The van der Waals surface area contributed by atoms with Gasteiger partial charge in [0.1, 0.15) is 5.54 Å². The van der Waals surface area contributed by atoms with Crippen LogP contribution in [-0.4, -0.2) is 40.0 Å². The normalized spacial score (nSPS) is 17.8. The van der Waals surface area contributed by atoms with Gasteiger partial charge in [-0.1, -0.05) is 43.2 Å². The summed E-state index contributed by atoms with van der Waals surface area (Å²) in [6.07, 6.45) is 4.33. The molecule has 7 nitrogen and oxygen atoms in total. The number of ether oxygens (including phenoxy) is 1. The number of hydrogen-bond acceptors (Lipinski definition) is 6. The lowest BCUT2D eigenvalue weighted by atomic mass is 9.83. The van der Waals surface area contributed by atoms with Crippen LogP contribution < -0.4 is 10.9 Å². The van der Waals surface area contributed by atoms with E-state index in [1.54, 1.807) is 30.7 Å². The van der Waals surface area contributed by atoms with E-state index in [-0.39, 0.29) is 17.5 Å². The van der Waals surface area contributed by atoms with Crippen molar-refractivity contribution < 1.29 is 9.53 Å². The van der Waals surface area contributed by atoms with E-state index in [0.717, 1.165) is 19.3 Å². The second-order valence-corrected chi connectivity index (χ2v) is 9.20. The van der Waals surface area contributed by atoms with Gasteiger partial charge in [-0.15, -0.1) is 0 Å². The molecule has 1 saturated carbocycles. The van der Waals surface area contributed by atoms with Gasteiger partial charge < -0.3 is 10.1 Å². The van der Waals surface area contributed by atoms with E-state index in [9.17, 15) is 14.9 Å². The Balaban J connectivity index is 1.90. The molecule has 2 atom stereocenters. The van der Waals surface area contributed by atoms with E-state index in [2.05, 4.69) is 16.4 Å². The van der Waals surface area contributed by atoms with Gasteiger partial charge in [0, 0.05) is 7.11 Å². The van der Waals surface area contributed by atoms with Crippen LogP contribution in [0, 0.1) is 11.3 Å². The molecule has 0 aliphatic heterocycles. The summed E-state index contributed by atoms with van der Waals surface area (Å²) in [5.74, 6) is -0.211. The van der Waals surface area contributed by atoms with Crippen molar-refractivity contribution in [3.63, 3.8) is 0 Å². The van der Waals surface area contributed by atoms with Crippen LogP contribution in [0.1, 0.15) is 52.0 Å². The number of nitrogens with one attached hydrogen (secondary N) is 1. The molecule has 8 heteroatoms. The third kappa shape index (κ3) is 4.68. The van der Waals surface area contributed by atoms with E-state index in [1.165, 1.54) is 11.8 Å². The molecular weight excluding hydrogens is 400 g/mol. The second-order valence-electron chi connectivity index (χ2n) is 7.89. The lowest BCUT2D eigenvalue weighted by Crippen LogP contribution is -2.51. The van der Waals surface area contributed by atoms with Crippen molar-refractivity contribution >= 4 is 28.6 Å². The van der Waals surface area contributed by atoms with Crippen LogP contribution >= 0.6 is 11.8 Å². The molecule has 0 spiro atoms. The molecule has 1 amide bonds. The van der Waals surface area contributed by atoms with Crippen LogP contribution in [0.3, 0.4) is 0 Å². The summed E-state index contributed by atoms with van der Waals surface area (Å²) in [7, 11) is 1.59. The quantitative estimate of drug-likeness (QED) is 0.536. The Labute approximate surface area is 180 Å². The third-order valence-electron chi connectivity index (χ3n) is 5.56. The van der Waals surface area contributed by atoms with Crippen molar-refractivity contribution in [2.24, 2.45) is 0 Å². The summed E-state index contributed by atoms with van der Waals surface area (Å²) < 4.78 is 6.85. The molecule has 1 heterocycles. The number of aromatic nitrogens is 2. The number of nitrogens with zero attached hydrogens (tertiary/aromatic N) is 3. The molecule has 1 N–H and O–H groups in total. The van der Waals surface area contributed by atoms with Crippen molar-refractivity contribution in [2.45, 2.75) is 67.9 Å². The highest BCUT2D eigenvalue weighted by Crippen LogP contribution is 2.30. The summed E-state index contributed by atoms with van der Waals surface area (Å²) >= 11 is 1.23. The van der Waals surface area contributed by atoms with E-state index >= 15 is 0 Å². The first-order valence-corrected chi connectivity index (χ1v) is 11.2. The smallest absolute Gasteiger partial charge is 0.262 e. The average molecular weight is 429 g/mol. The fourth-order valence-corrected chi connectivity index (χ4v) is 4.89. The molecule has 3 rings (SSSR count). The van der Waals surface area contributed by atoms with Crippen LogP contribution in [0.25, 0.3) is 10.9 Å². The van der Waals surface area contributed by atoms with Gasteiger partial charge >= 0.3 is 0 Å². The van der Waals surface area contributed by atoms with E-state index in [4.69, 9.17) is 4.74 Å². The number of carbonyl (C=O) groups is 1. The van der Waals surface area contributed by atoms with Gasteiger partial charge in [-0.05, 0) is 38.8 Å². The molecule has 0 radical (unpaired) electrons. The molecule has 1 aliphatic rings. The van der Waals surface area contributed by atoms with Crippen molar-refractivity contribution in [2.75, 3.05) is 13.7 Å². The molecule has 1 fully saturated rings. The van der Waals surface area contributed by atoms with E-state index in [1.807, 2.05) is 19.1 Å². The molecule has 1 aromatic heterocycles. The van der Waals surface area contributed by atoms with Crippen molar-refractivity contribution in [1.82, 2.24) is 14.9 Å². The molecule has 0 bridgehead atoms. The minimum absolute atomic E-state index is 0.152. The summed E-state index contributed by atoms with van der Waals surface area (Å²) in [5, 5.41) is 13.1. The lowest BCUT2D eigenvalue weighted by molar-refractivity contribution is -0.121. The highest BCUT2D eigenvalue weighted by Gasteiger charge is 2.35. The Hall–Kier alpha value is -2.37. The standard InChI is InChI=1S/C22H28N4O3S/c1-15(13-29-3)26-20(28)17-9-5-6-10-18(17)24-21(26)30-16(2)19(27)25-22(14-23)11-7-4-8-12-22/h5-6,9-10,15-16H,4,7-8,11-13H2,1-3H3,(H,25,27). The second kappa shape index (κ2) is 9.63. The summed E-state index contributed by atoms with van der Waals surface area (Å²) in [5.41, 5.74) is -0.343. The molecule has 0 saturated heterocycles. The number of fused-ring (bicyclic) bond motifs is 1. The highest BCUT2D eigenvalue weighted by molar-refractivity contribution is 8.00. The Kier molecular flexibility index (Phi) is 7.16. The number of rotatable bonds is 7. The predicted molar refractivity (Wildman–Crippen MR) is 117 cm³/mol. The minimum Gasteiger partial charge on any atom is -0.383 e. The number of thioether (sulfide) groups is 1. The van der Waals surface area contributed by atoms with Crippen molar-refractivity contribution in [1.29, 1.82) is 5.26 Å². The number of hydrogen-bond donors (Lipinski definition) is 1. The number of methoxy groups -OCH3 is 1. The lowest BCUT2D eigenvalue weighted by Gasteiger charge is -2.32. The molecule has 1 aliphatic carbocycles. The minimum atomic E-state index is -0.788. The number of benzene rings is 1. The van der Waals surface area contributed by atoms with Crippen LogP contribution in [0.4, 0.5) is 0 Å². The first-order valence-electron chi connectivity index (χ1n) is 10.3. The number of amides is 1. The molecule has 160 valence electrons. The average Bonchev–Trinajstić information content (AvgIpc) is 2.74. The van der Waals surface area contributed by atoms with Crippen LogP contribution in [-0.2, 0) is 9.53 Å². The first kappa shape index (κ1) is 22.3. The van der Waals surface area contributed by atoms with Gasteiger partial charge in [-0.2, -0.15) is 5.26 Å². The SMILES string of the molecule is COCC(C)n1c(SC(C)C(=O)NC2(C#N)CCCCC2)nc2ccccc2c1=O. The zero-order valence-electron chi connectivity index (χ0n) is 17.7. The fraction of sp³-hybridized carbons (Fsp3) is 0.545. The summed E-state index contributed by atoms with van der Waals surface area (Å²) in [4.78, 5) is 30.7. The Morgan fingerprint density at radius 3 is 2.70 bits per heavy atom. The summed E-state index contributed by atoms with van der Waals surface area (Å²) in [6, 6.07) is 9.28. The van der Waals surface area contributed by atoms with E-state index in [0.29, 0.717) is 35.5 Å². The zero-order valence-corrected chi connectivity index (χ0v) is 18.5. The number of para-hydroxylation sites is 1. The third-order valence-corrected chi connectivity index (χ3v) is 6.63. The number of carbonyl (C=O) groups excluding carboxylic acids is 1. The van der Waals surface area contributed by atoms with Crippen molar-refractivity contribution in [3.8, 4) is 6.07 Å². The molecule has 30 heavy (non-hydrogen) atoms. The van der Waals surface area contributed by atoms with Gasteiger partial charge in [0.25, 0.3) is 5.56 Å². The number of nitriles is 1. The Bertz CT molecular complexity index is 1010. The maximum Gasteiger partial charge on any atom is 0.262 e. The highest BCUT2D eigenvalue weighted by atomic mass is 32.2. The van der Waals surface area contributed by atoms with E-state index < -0.39 is 10.8 Å². The van der Waals surface area contributed by atoms with Crippen LogP contribution in [0.2, 0.25) is 0 Å². The Morgan fingerprint density at radius 1 is 1.33 bits per heavy atom. The van der Waals surface area contributed by atoms with Crippen molar-refractivity contribution in [3.05, 3.63) is 34.6 Å². The van der Waals surface area contributed by atoms with Gasteiger partial charge in [-0.25, -0.2) is 4.98 Å². The maximum absolute atomic E-state index is 13.1. The van der Waals surface area contributed by atoms with Gasteiger partial charge in [0.05, 0.1) is 34.9 Å². The predicted octanol–water partition coefficient (Wildman–Crippen LogP) is 3.43. The topological polar surface area (TPSA) is 97.0 Å². The molecule has 2 aromatic rings. The molecule has 1 aromatic carbocycles. The summed E-state index contributed by atoms with van der Waals surface area (Å²) in [6.45, 7) is 4.02. The van der Waals surface area contributed by atoms with Gasteiger partial charge in [0.2, 0.25) is 5.91 Å². The monoisotopic (exact) mass is 428 g/mol. The van der Waals surface area contributed by atoms with Gasteiger partial charge in [-0.3, -0.25) is 14.2 Å².